The molecular weight excluding hydrogens is 343 g/mol. The molecule has 136 valence electrons. The van der Waals surface area contributed by atoms with Crippen LogP contribution in [0.1, 0.15) is 36.5 Å². The fraction of sp³-hybridized carbons (Fsp3) is 0.263. The van der Waals surface area contributed by atoms with E-state index in [2.05, 4.69) is 10.6 Å². The summed E-state index contributed by atoms with van der Waals surface area (Å²) < 4.78 is 38.1. The zero-order valence-electron chi connectivity index (χ0n) is 14.2. The summed E-state index contributed by atoms with van der Waals surface area (Å²) in [4.78, 5) is 11.5. The quantitative estimate of drug-likeness (QED) is 0.767. The number of hydrogen-bond acceptors (Lipinski definition) is 3. The molecule has 0 aromatic heterocycles. The van der Waals surface area contributed by atoms with Crippen LogP contribution in [0, 0.1) is 11.3 Å². The van der Waals surface area contributed by atoms with Gasteiger partial charge in [0.2, 0.25) is 5.91 Å². The Morgan fingerprint density at radius 3 is 2.42 bits per heavy atom. The van der Waals surface area contributed by atoms with E-state index in [0.29, 0.717) is 24.3 Å². The number of alkyl halides is 3. The highest BCUT2D eigenvalue weighted by molar-refractivity contribution is 5.90. The predicted molar refractivity (Wildman–Crippen MR) is 93.5 cm³/mol. The Morgan fingerprint density at radius 1 is 1.15 bits per heavy atom. The van der Waals surface area contributed by atoms with Crippen molar-refractivity contribution >= 4 is 17.3 Å². The van der Waals surface area contributed by atoms with E-state index in [4.69, 9.17) is 5.26 Å². The van der Waals surface area contributed by atoms with Gasteiger partial charge in [-0.1, -0.05) is 19.1 Å². The van der Waals surface area contributed by atoms with E-state index in [1.165, 1.54) is 6.07 Å². The molecule has 0 spiro atoms. The maximum atomic E-state index is 12.7. The summed E-state index contributed by atoms with van der Waals surface area (Å²) in [7, 11) is 0. The van der Waals surface area contributed by atoms with Crippen LogP contribution in [-0.4, -0.2) is 5.91 Å². The molecule has 0 atom stereocenters. The number of hydrogen-bond donors (Lipinski definition) is 2. The summed E-state index contributed by atoms with van der Waals surface area (Å²) >= 11 is 0. The molecule has 4 nitrogen and oxygen atoms in total. The largest absolute Gasteiger partial charge is 0.416 e. The first-order valence-corrected chi connectivity index (χ1v) is 8.07. The molecule has 0 saturated carbocycles. The number of rotatable bonds is 6. The second-order valence-electron chi connectivity index (χ2n) is 5.72. The van der Waals surface area contributed by atoms with Gasteiger partial charge in [-0.05, 0) is 42.3 Å². The summed E-state index contributed by atoms with van der Waals surface area (Å²) in [6.07, 6.45) is -3.27. The van der Waals surface area contributed by atoms with Crippen LogP contribution in [0.25, 0.3) is 0 Å². The van der Waals surface area contributed by atoms with Crippen LogP contribution in [-0.2, 0) is 17.5 Å². The Balaban J connectivity index is 2.02. The van der Waals surface area contributed by atoms with Crippen LogP contribution >= 0.6 is 0 Å². The second kappa shape index (κ2) is 8.39. The minimum atomic E-state index is -4.48. The van der Waals surface area contributed by atoms with Gasteiger partial charge in [-0.2, -0.15) is 18.4 Å². The van der Waals surface area contributed by atoms with Crippen LogP contribution < -0.4 is 10.6 Å². The zero-order valence-corrected chi connectivity index (χ0v) is 14.2. The van der Waals surface area contributed by atoms with Crippen molar-refractivity contribution in [3.8, 4) is 6.07 Å². The van der Waals surface area contributed by atoms with E-state index in [0.717, 1.165) is 24.1 Å². The van der Waals surface area contributed by atoms with Crippen LogP contribution in [0.5, 0.6) is 0 Å². The molecule has 0 aliphatic rings. The average molecular weight is 361 g/mol. The van der Waals surface area contributed by atoms with Crippen molar-refractivity contribution < 1.29 is 18.0 Å². The van der Waals surface area contributed by atoms with Crippen molar-refractivity contribution in [1.82, 2.24) is 0 Å². The monoisotopic (exact) mass is 361 g/mol. The molecule has 0 bridgehead atoms. The third kappa shape index (κ3) is 5.24. The zero-order chi connectivity index (χ0) is 19.2. The minimum absolute atomic E-state index is 0.0539. The fourth-order valence-electron chi connectivity index (χ4n) is 2.32. The lowest BCUT2D eigenvalue weighted by molar-refractivity contribution is -0.137. The van der Waals surface area contributed by atoms with Gasteiger partial charge >= 0.3 is 6.18 Å². The number of nitrogens with zero attached hydrogens (tertiary/aromatic N) is 1. The van der Waals surface area contributed by atoms with Crippen LogP contribution in [0.4, 0.5) is 24.5 Å². The highest BCUT2D eigenvalue weighted by Gasteiger charge is 2.31. The maximum Gasteiger partial charge on any atom is 0.416 e. The summed E-state index contributed by atoms with van der Waals surface area (Å²) in [5.41, 5.74) is 0.956. The Hall–Kier alpha value is -3.01. The van der Waals surface area contributed by atoms with Gasteiger partial charge in [0.15, 0.2) is 0 Å². The minimum Gasteiger partial charge on any atom is -0.380 e. The Labute approximate surface area is 149 Å². The van der Waals surface area contributed by atoms with Crippen LogP contribution in [0.2, 0.25) is 0 Å². The molecular formula is C19H18F3N3O. The molecule has 2 aromatic carbocycles. The average Bonchev–Trinajstić information content (AvgIpc) is 2.60. The van der Waals surface area contributed by atoms with Crippen molar-refractivity contribution in [3.63, 3.8) is 0 Å². The molecule has 2 aromatic rings. The van der Waals surface area contributed by atoms with Gasteiger partial charge < -0.3 is 10.6 Å². The molecule has 0 saturated heterocycles. The van der Waals surface area contributed by atoms with Gasteiger partial charge in [-0.3, -0.25) is 4.79 Å². The van der Waals surface area contributed by atoms with Gasteiger partial charge in [-0.15, -0.1) is 0 Å². The first-order valence-electron chi connectivity index (χ1n) is 8.07. The highest BCUT2D eigenvalue weighted by Crippen LogP contribution is 2.31. The van der Waals surface area contributed by atoms with E-state index >= 15 is 0 Å². The van der Waals surface area contributed by atoms with Gasteiger partial charge in [0, 0.05) is 18.7 Å². The van der Waals surface area contributed by atoms with Crippen LogP contribution in [0.3, 0.4) is 0 Å². The predicted octanol–water partition coefficient (Wildman–Crippen LogP) is 4.93. The molecule has 0 fully saturated rings. The molecule has 0 aliphatic heterocycles. The number of benzene rings is 2. The van der Waals surface area contributed by atoms with Crippen molar-refractivity contribution in [3.05, 3.63) is 59.2 Å². The lowest BCUT2D eigenvalue weighted by Crippen LogP contribution is -2.10. The van der Waals surface area contributed by atoms with Gasteiger partial charge in [0.05, 0.1) is 16.8 Å². The molecule has 0 aliphatic carbocycles. The standard InChI is InChI=1S/C19H18F3N3O/c1-2-3-18(26)25-16-7-4-13(5-8-16)12-24-17-9-6-15(19(20,21)22)10-14(17)11-23/h4-10,24H,2-3,12H2,1H3,(H,25,26). The number of nitrogens with one attached hydrogen (secondary N) is 2. The van der Waals surface area contributed by atoms with Crippen molar-refractivity contribution in [2.45, 2.75) is 32.5 Å². The summed E-state index contributed by atoms with van der Waals surface area (Å²) in [6, 6.07) is 11.9. The summed E-state index contributed by atoms with van der Waals surface area (Å²) in [5.74, 6) is -0.0539. The molecule has 26 heavy (non-hydrogen) atoms. The number of halogens is 3. The third-order valence-corrected chi connectivity index (χ3v) is 3.67. The van der Waals surface area contributed by atoms with Gasteiger partial charge in [-0.25, -0.2) is 0 Å². The molecule has 7 heteroatoms. The normalized spacial score (nSPS) is 10.9. The fourth-order valence-corrected chi connectivity index (χ4v) is 2.32. The van der Waals surface area contributed by atoms with Crippen molar-refractivity contribution in [1.29, 1.82) is 5.26 Å². The smallest absolute Gasteiger partial charge is 0.380 e. The summed E-state index contributed by atoms with van der Waals surface area (Å²) in [6.45, 7) is 2.26. The molecule has 0 unspecified atom stereocenters. The molecule has 0 radical (unpaired) electrons. The SMILES string of the molecule is CCCC(=O)Nc1ccc(CNc2ccc(C(F)(F)F)cc2C#N)cc1. The van der Waals surface area contributed by atoms with E-state index in [-0.39, 0.29) is 11.5 Å². The first-order chi connectivity index (χ1) is 12.3. The number of amides is 1. The number of carbonyl (C=O) groups excluding carboxylic acids is 1. The summed E-state index contributed by atoms with van der Waals surface area (Å²) in [5, 5.41) is 14.8. The Kier molecular flexibility index (Phi) is 6.23. The molecule has 1 amide bonds. The maximum absolute atomic E-state index is 12.7. The lowest BCUT2D eigenvalue weighted by Gasteiger charge is -2.12. The first kappa shape index (κ1) is 19.3. The van der Waals surface area contributed by atoms with E-state index in [1.807, 2.05) is 6.92 Å². The van der Waals surface area contributed by atoms with E-state index < -0.39 is 11.7 Å². The Bertz CT molecular complexity index is 808. The van der Waals surface area contributed by atoms with Crippen molar-refractivity contribution in [2.24, 2.45) is 0 Å². The van der Waals surface area contributed by atoms with E-state index in [9.17, 15) is 18.0 Å². The number of nitriles is 1. The Morgan fingerprint density at radius 2 is 1.85 bits per heavy atom. The number of anilines is 2. The highest BCUT2D eigenvalue weighted by atomic mass is 19.4. The van der Waals surface area contributed by atoms with Crippen molar-refractivity contribution in [2.75, 3.05) is 10.6 Å². The van der Waals surface area contributed by atoms with Crippen LogP contribution in [0.15, 0.2) is 42.5 Å². The molecule has 0 heterocycles. The van der Waals surface area contributed by atoms with E-state index in [1.54, 1.807) is 30.3 Å². The number of carbonyl (C=O) groups is 1. The lowest BCUT2D eigenvalue weighted by atomic mass is 10.1. The molecule has 2 N–H and O–H groups in total. The van der Waals surface area contributed by atoms with Gasteiger partial charge in [0.1, 0.15) is 6.07 Å². The molecule has 2 rings (SSSR count). The second-order valence-corrected chi connectivity index (χ2v) is 5.72. The third-order valence-electron chi connectivity index (χ3n) is 3.67. The topological polar surface area (TPSA) is 64.9 Å². The van der Waals surface area contributed by atoms with Gasteiger partial charge in [0.25, 0.3) is 0 Å².